The van der Waals surface area contributed by atoms with E-state index in [1.807, 2.05) is 48.5 Å². The Balaban J connectivity index is 1.31. The fraction of sp³-hybridized carbons (Fsp3) is 0.357. The van der Waals surface area contributed by atoms with Gasteiger partial charge in [0.2, 0.25) is 0 Å². The summed E-state index contributed by atoms with van der Waals surface area (Å²) < 4.78 is 38.1. The summed E-state index contributed by atoms with van der Waals surface area (Å²) in [5, 5.41) is 0. The molecule has 3 nitrogen and oxygen atoms in total. The molecule has 174 valence electrons. The number of hydrogen-bond donors (Lipinski definition) is 0. The fourth-order valence-electron chi connectivity index (χ4n) is 4.76. The second-order valence-electron chi connectivity index (χ2n) is 8.64. The van der Waals surface area contributed by atoms with Gasteiger partial charge in [-0.25, -0.2) is 8.78 Å². The normalized spacial score (nSPS) is 15.0. The maximum atomic E-state index is 13.5. The first kappa shape index (κ1) is 23.2. The van der Waals surface area contributed by atoms with Crippen LogP contribution in [0.2, 0.25) is 0 Å². The average molecular weight is 452 g/mol. The predicted molar refractivity (Wildman–Crippen MR) is 127 cm³/mol. The summed E-state index contributed by atoms with van der Waals surface area (Å²) >= 11 is 0. The molecule has 0 spiro atoms. The largest absolute Gasteiger partial charge is 0.497 e. The lowest BCUT2D eigenvalue weighted by atomic mass is 9.76. The minimum Gasteiger partial charge on any atom is -0.497 e. The number of likely N-dealkylation sites (tertiary alicyclic amines) is 1. The van der Waals surface area contributed by atoms with Crippen molar-refractivity contribution in [3.8, 4) is 11.5 Å². The molecule has 3 aromatic carbocycles. The number of ether oxygens (including phenoxy) is 2. The molecule has 0 N–H and O–H groups in total. The van der Waals surface area contributed by atoms with Gasteiger partial charge in [-0.1, -0.05) is 30.3 Å². The van der Waals surface area contributed by atoms with Crippen LogP contribution in [-0.4, -0.2) is 38.3 Å². The molecule has 3 aromatic rings. The maximum Gasteiger partial charge on any atom is 0.123 e. The number of methoxy groups -OCH3 is 1. The van der Waals surface area contributed by atoms with E-state index in [1.54, 1.807) is 7.11 Å². The Morgan fingerprint density at radius 3 is 2.00 bits per heavy atom. The molecule has 5 heteroatoms. The first-order chi connectivity index (χ1) is 16.1. The Morgan fingerprint density at radius 2 is 1.42 bits per heavy atom. The number of rotatable bonds is 9. The van der Waals surface area contributed by atoms with Gasteiger partial charge in [-0.3, -0.25) is 0 Å². The van der Waals surface area contributed by atoms with Gasteiger partial charge in [-0.15, -0.1) is 0 Å². The smallest absolute Gasteiger partial charge is 0.123 e. The first-order valence-electron chi connectivity index (χ1n) is 11.6. The zero-order valence-corrected chi connectivity index (χ0v) is 19.1. The molecule has 33 heavy (non-hydrogen) atoms. The van der Waals surface area contributed by atoms with Crippen molar-refractivity contribution in [2.24, 2.45) is 5.92 Å². The number of halogens is 2. The van der Waals surface area contributed by atoms with Crippen molar-refractivity contribution in [1.82, 2.24) is 4.90 Å². The number of benzene rings is 3. The molecule has 1 aliphatic rings. The van der Waals surface area contributed by atoms with Crippen molar-refractivity contribution in [3.05, 3.63) is 95.6 Å². The maximum absolute atomic E-state index is 13.5. The van der Waals surface area contributed by atoms with Crippen molar-refractivity contribution < 1.29 is 18.3 Å². The summed E-state index contributed by atoms with van der Waals surface area (Å²) in [6.45, 7) is 3.70. The van der Waals surface area contributed by atoms with Gasteiger partial charge in [0.15, 0.2) is 0 Å². The predicted octanol–water partition coefficient (Wildman–Crippen LogP) is 6.29. The lowest BCUT2D eigenvalue weighted by Crippen LogP contribution is -2.36. The summed E-state index contributed by atoms with van der Waals surface area (Å²) in [5.74, 6) is 1.74. The Kier molecular flexibility index (Phi) is 7.95. The van der Waals surface area contributed by atoms with E-state index in [1.165, 1.54) is 24.3 Å². The zero-order chi connectivity index (χ0) is 23.0. The minimum atomic E-state index is -0.234. The van der Waals surface area contributed by atoms with E-state index in [2.05, 4.69) is 4.90 Å². The van der Waals surface area contributed by atoms with E-state index in [0.29, 0.717) is 12.5 Å². The summed E-state index contributed by atoms with van der Waals surface area (Å²) in [5.41, 5.74) is 2.18. The molecule has 4 rings (SSSR count). The van der Waals surface area contributed by atoms with Gasteiger partial charge in [0.05, 0.1) is 13.7 Å². The quantitative estimate of drug-likeness (QED) is 0.357. The lowest BCUT2D eigenvalue weighted by molar-refractivity contribution is 0.163. The molecule has 0 bridgehead atoms. The van der Waals surface area contributed by atoms with Gasteiger partial charge in [-0.2, -0.15) is 0 Å². The Bertz CT molecular complexity index is 954. The fourth-order valence-corrected chi connectivity index (χ4v) is 4.76. The average Bonchev–Trinajstić information content (AvgIpc) is 2.85. The van der Waals surface area contributed by atoms with E-state index >= 15 is 0 Å². The van der Waals surface area contributed by atoms with E-state index in [-0.39, 0.29) is 17.6 Å². The first-order valence-corrected chi connectivity index (χ1v) is 11.6. The van der Waals surface area contributed by atoms with Gasteiger partial charge < -0.3 is 14.4 Å². The van der Waals surface area contributed by atoms with Crippen molar-refractivity contribution in [2.45, 2.75) is 25.2 Å². The van der Waals surface area contributed by atoms with Crippen LogP contribution < -0.4 is 9.47 Å². The summed E-state index contributed by atoms with van der Waals surface area (Å²) in [7, 11) is 1.65. The van der Waals surface area contributed by atoms with Crippen molar-refractivity contribution in [1.29, 1.82) is 0 Å². The van der Waals surface area contributed by atoms with Crippen LogP contribution in [0.4, 0.5) is 8.78 Å². The van der Waals surface area contributed by atoms with E-state index in [4.69, 9.17) is 9.47 Å². The van der Waals surface area contributed by atoms with Gasteiger partial charge >= 0.3 is 0 Å². The molecule has 1 heterocycles. The SMILES string of the molecule is COc1cccc(OCCCN2CCC(C(c3ccc(F)cc3)c3ccc(F)cc3)CC2)c1. The highest BCUT2D eigenvalue weighted by molar-refractivity contribution is 5.34. The second kappa shape index (κ2) is 11.3. The van der Waals surface area contributed by atoms with Crippen LogP contribution >= 0.6 is 0 Å². The molecular weight excluding hydrogens is 420 g/mol. The molecule has 0 amide bonds. The van der Waals surface area contributed by atoms with Crippen LogP contribution in [0.15, 0.2) is 72.8 Å². The number of piperidine rings is 1. The topological polar surface area (TPSA) is 21.7 Å². The zero-order valence-electron chi connectivity index (χ0n) is 19.1. The monoisotopic (exact) mass is 451 g/mol. The molecular formula is C28H31F2NO2. The van der Waals surface area contributed by atoms with Crippen LogP contribution in [0, 0.1) is 17.6 Å². The molecule has 0 saturated carbocycles. The van der Waals surface area contributed by atoms with Crippen molar-refractivity contribution >= 4 is 0 Å². The molecule has 1 saturated heterocycles. The molecule has 0 atom stereocenters. The molecule has 0 unspecified atom stereocenters. The van der Waals surface area contributed by atoms with Crippen LogP contribution in [0.1, 0.15) is 36.3 Å². The highest BCUT2D eigenvalue weighted by Gasteiger charge is 2.29. The van der Waals surface area contributed by atoms with Crippen molar-refractivity contribution in [2.75, 3.05) is 33.4 Å². The molecule has 1 fully saturated rings. The van der Waals surface area contributed by atoms with E-state index in [0.717, 1.165) is 61.5 Å². The Morgan fingerprint density at radius 1 is 0.848 bits per heavy atom. The second-order valence-corrected chi connectivity index (χ2v) is 8.64. The number of nitrogens with zero attached hydrogens (tertiary/aromatic N) is 1. The third-order valence-corrected chi connectivity index (χ3v) is 6.49. The van der Waals surface area contributed by atoms with Gasteiger partial charge in [0.1, 0.15) is 23.1 Å². The highest BCUT2D eigenvalue weighted by Crippen LogP contribution is 2.38. The summed E-state index contributed by atoms with van der Waals surface area (Å²) in [6, 6.07) is 21.2. The molecule has 0 radical (unpaired) electrons. The Hall–Kier alpha value is -2.92. The van der Waals surface area contributed by atoms with E-state index < -0.39 is 0 Å². The Labute approximate surface area is 195 Å². The molecule has 0 aromatic heterocycles. The minimum absolute atomic E-state index is 0.143. The van der Waals surface area contributed by atoms with Crippen LogP contribution in [0.3, 0.4) is 0 Å². The van der Waals surface area contributed by atoms with Crippen LogP contribution in [0.5, 0.6) is 11.5 Å². The molecule has 1 aliphatic heterocycles. The van der Waals surface area contributed by atoms with Gasteiger partial charge in [0.25, 0.3) is 0 Å². The number of hydrogen-bond acceptors (Lipinski definition) is 3. The van der Waals surface area contributed by atoms with Gasteiger partial charge in [0, 0.05) is 18.5 Å². The third-order valence-electron chi connectivity index (χ3n) is 6.49. The highest BCUT2D eigenvalue weighted by atomic mass is 19.1. The van der Waals surface area contributed by atoms with Crippen LogP contribution in [0.25, 0.3) is 0 Å². The van der Waals surface area contributed by atoms with Gasteiger partial charge in [-0.05, 0) is 85.8 Å². The third kappa shape index (κ3) is 6.32. The lowest BCUT2D eigenvalue weighted by Gasteiger charge is -2.36. The van der Waals surface area contributed by atoms with Crippen molar-refractivity contribution in [3.63, 3.8) is 0 Å². The standard InChI is InChI=1S/C28H31F2NO2/c1-32-26-4-2-5-27(20-26)33-19-3-16-31-17-14-23(15-18-31)28(21-6-10-24(29)11-7-21)22-8-12-25(30)13-9-22/h2,4-13,20,23,28H,3,14-19H2,1H3. The molecule has 0 aliphatic carbocycles. The summed E-state index contributed by atoms with van der Waals surface area (Å²) in [4.78, 5) is 2.48. The van der Waals surface area contributed by atoms with Crippen LogP contribution in [-0.2, 0) is 0 Å². The summed E-state index contributed by atoms with van der Waals surface area (Å²) in [6.07, 6.45) is 3.06. The van der Waals surface area contributed by atoms with E-state index in [9.17, 15) is 8.78 Å².